The van der Waals surface area contributed by atoms with Crippen LogP contribution in [0.15, 0.2) is 47.6 Å². The van der Waals surface area contributed by atoms with Gasteiger partial charge in [-0.25, -0.2) is 18.1 Å². The number of hydrogen-bond donors (Lipinski definition) is 2. The zero-order valence-corrected chi connectivity index (χ0v) is 13.5. The molecule has 1 aromatic carbocycles. The highest BCUT2D eigenvalue weighted by Gasteiger charge is 2.35. The summed E-state index contributed by atoms with van der Waals surface area (Å²) >= 11 is 6.36. The second kappa shape index (κ2) is 5.30. The normalized spacial score (nSPS) is 20.7. The van der Waals surface area contributed by atoms with Gasteiger partial charge in [0.15, 0.2) is 5.65 Å². The minimum Gasteiger partial charge on any atom is -0.259 e. The van der Waals surface area contributed by atoms with Crippen molar-refractivity contribution in [1.29, 1.82) is 0 Å². The van der Waals surface area contributed by atoms with Gasteiger partial charge in [-0.2, -0.15) is 5.10 Å². The van der Waals surface area contributed by atoms with Gasteiger partial charge in [-0.3, -0.25) is 5.10 Å². The molecule has 2 atom stereocenters. The number of nitrogens with zero attached hydrogens (tertiary/aromatic N) is 2. The SMILES string of the molecule is O=S(=O)(NC1c2ccccc2CC1Cl)c1n[nH]c2ncccc12. The lowest BCUT2D eigenvalue weighted by molar-refractivity contribution is 0.553. The Morgan fingerprint density at radius 2 is 2.04 bits per heavy atom. The van der Waals surface area contributed by atoms with E-state index in [2.05, 4.69) is 19.9 Å². The minimum absolute atomic E-state index is 0.0613. The number of pyridine rings is 1. The molecule has 0 saturated heterocycles. The van der Waals surface area contributed by atoms with E-state index in [1.54, 1.807) is 18.3 Å². The highest BCUT2D eigenvalue weighted by Crippen LogP contribution is 2.36. The first-order chi connectivity index (χ1) is 11.1. The summed E-state index contributed by atoms with van der Waals surface area (Å²) in [6.07, 6.45) is 2.21. The number of hydrogen-bond acceptors (Lipinski definition) is 4. The van der Waals surface area contributed by atoms with Crippen molar-refractivity contribution in [3.8, 4) is 0 Å². The van der Waals surface area contributed by atoms with Crippen molar-refractivity contribution in [1.82, 2.24) is 19.9 Å². The van der Waals surface area contributed by atoms with Crippen LogP contribution in [0.5, 0.6) is 0 Å². The van der Waals surface area contributed by atoms with E-state index < -0.39 is 16.1 Å². The molecule has 0 radical (unpaired) electrons. The molecule has 6 nitrogen and oxygen atoms in total. The summed E-state index contributed by atoms with van der Waals surface area (Å²) < 4.78 is 28.2. The molecule has 0 bridgehead atoms. The predicted octanol–water partition coefficient (Wildman–Crippen LogP) is 2.14. The number of halogens is 1. The van der Waals surface area contributed by atoms with Gasteiger partial charge in [-0.15, -0.1) is 11.6 Å². The van der Waals surface area contributed by atoms with E-state index in [0.717, 1.165) is 11.1 Å². The molecule has 23 heavy (non-hydrogen) atoms. The predicted molar refractivity (Wildman–Crippen MR) is 86.7 cm³/mol. The van der Waals surface area contributed by atoms with Crippen LogP contribution in [-0.4, -0.2) is 29.0 Å². The number of alkyl halides is 1. The van der Waals surface area contributed by atoms with Gasteiger partial charge < -0.3 is 0 Å². The van der Waals surface area contributed by atoms with E-state index in [9.17, 15) is 8.42 Å². The largest absolute Gasteiger partial charge is 0.261 e. The summed E-state index contributed by atoms with van der Waals surface area (Å²) in [6, 6.07) is 10.5. The molecule has 1 aliphatic rings. The summed E-state index contributed by atoms with van der Waals surface area (Å²) in [5, 5.41) is 6.61. The molecule has 0 amide bonds. The first-order valence-electron chi connectivity index (χ1n) is 7.09. The monoisotopic (exact) mass is 348 g/mol. The fraction of sp³-hybridized carbons (Fsp3) is 0.200. The van der Waals surface area contributed by atoms with Crippen molar-refractivity contribution >= 4 is 32.7 Å². The van der Waals surface area contributed by atoms with E-state index in [4.69, 9.17) is 11.6 Å². The molecule has 2 N–H and O–H groups in total. The van der Waals surface area contributed by atoms with Crippen LogP contribution in [0.2, 0.25) is 0 Å². The lowest BCUT2D eigenvalue weighted by atomic mass is 10.1. The van der Waals surface area contributed by atoms with Gasteiger partial charge >= 0.3 is 0 Å². The first kappa shape index (κ1) is 14.6. The van der Waals surface area contributed by atoms with Gasteiger partial charge in [0.1, 0.15) is 0 Å². The van der Waals surface area contributed by atoms with Crippen LogP contribution in [0.4, 0.5) is 0 Å². The average molecular weight is 349 g/mol. The third-order valence-electron chi connectivity index (χ3n) is 4.00. The van der Waals surface area contributed by atoms with E-state index in [-0.39, 0.29) is 10.4 Å². The molecule has 3 aromatic rings. The van der Waals surface area contributed by atoms with Crippen LogP contribution < -0.4 is 4.72 Å². The number of H-pyrrole nitrogens is 1. The summed E-state index contributed by atoms with van der Waals surface area (Å²) in [5.74, 6) is 0. The maximum atomic E-state index is 12.7. The first-order valence-corrected chi connectivity index (χ1v) is 9.01. The van der Waals surface area contributed by atoms with E-state index in [1.807, 2.05) is 24.3 Å². The molecule has 2 unspecified atom stereocenters. The Morgan fingerprint density at radius 3 is 2.91 bits per heavy atom. The van der Waals surface area contributed by atoms with Crippen LogP contribution in [0.1, 0.15) is 17.2 Å². The van der Waals surface area contributed by atoms with Crippen molar-refractivity contribution in [2.24, 2.45) is 0 Å². The van der Waals surface area contributed by atoms with Crippen molar-refractivity contribution in [2.75, 3.05) is 0 Å². The zero-order valence-electron chi connectivity index (χ0n) is 11.9. The topological polar surface area (TPSA) is 87.7 Å². The van der Waals surface area contributed by atoms with Gasteiger partial charge in [-0.1, -0.05) is 24.3 Å². The highest BCUT2D eigenvalue weighted by molar-refractivity contribution is 7.89. The molecule has 118 valence electrons. The number of aromatic amines is 1. The molecule has 8 heteroatoms. The number of fused-ring (bicyclic) bond motifs is 2. The Morgan fingerprint density at radius 1 is 1.22 bits per heavy atom. The fourth-order valence-electron chi connectivity index (χ4n) is 2.94. The maximum absolute atomic E-state index is 12.7. The quantitative estimate of drug-likeness (QED) is 0.710. The van der Waals surface area contributed by atoms with Crippen LogP contribution >= 0.6 is 11.6 Å². The van der Waals surface area contributed by atoms with Crippen molar-refractivity contribution < 1.29 is 8.42 Å². The van der Waals surface area contributed by atoms with Crippen LogP contribution in [0.3, 0.4) is 0 Å². The van der Waals surface area contributed by atoms with E-state index in [0.29, 0.717) is 17.5 Å². The molecule has 4 rings (SSSR count). The molecular weight excluding hydrogens is 336 g/mol. The second-order valence-corrected chi connectivity index (χ2v) is 7.64. The number of benzene rings is 1. The number of rotatable bonds is 3. The lowest BCUT2D eigenvalue weighted by Crippen LogP contribution is -2.32. The van der Waals surface area contributed by atoms with Gasteiger partial charge in [0, 0.05) is 6.20 Å². The van der Waals surface area contributed by atoms with Gasteiger partial charge in [0.25, 0.3) is 10.0 Å². The Labute approximate surface area is 137 Å². The Bertz CT molecular complexity index is 986. The summed E-state index contributed by atoms with van der Waals surface area (Å²) in [7, 11) is -3.82. The average Bonchev–Trinajstić information content (AvgIpc) is 3.10. The van der Waals surface area contributed by atoms with Crippen molar-refractivity contribution in [3.05, 3.63) is 53.7 Å². The molecule has 1 aliphatic carbocycles. The molecule has 2 heterocycles. The van der Waals surface area contributed by atoms with E-state index >= 15 is 0 Å². The fourth-order valence-corrected chi connectivity index (χ4v) is 4.74. The molecule has 0 spiro atoms. The number of nitrogens with one attached hydrogen (secondary N) is 2. The standard InChI is InChI=1S/C15H13ClN4O2S/c16-12-8-9-4-1-2-5-10(9)13(12)20-23(21,22)15-11-6-3-7-17-14(11)18-19-15/h1-7,12-13,20H,8H2,(H,17,18,19). The van der Waals surface area contributed by atoms with Crippen LogP contribution in [0, 0.1) is 0 Å². The van der Waals surface area contributed by atoms with Crippen molar-refractivity contribution in [3.63, 3.8) is 0 Å². The third-order valence-corrected chi connectivity index (χ3v) is 5.80. The number of aromatic nitrogens is 3. The molecule has 0 aliphatic heterocycles. The summed E-state index contributed by atoms with van der Waals surface area (Å²) in [4.78, 5) is 4.06. The van der Waals surface area contributed by atoms with Crippen LogP contribution in [-0.2, 0) is 16.4 Å². The van der Waals surface area contributed by atoms with Crippen LogP contribution in [0.25, 0.3) is 11.0 Å². The molecule has 0 saturated carbocycles. The molecular formula is C15H13ClN4O2S. The smallest absolute Gasteiger partial charge is 0.259 e. The highest BCUT2D eigenvalue weighted by atomic mass is 35.5. The maximum Gasteiger partial charge on any atom is 0.261 e. The summed E-state index contributed by atoms with van der Waals surface area (Å²) in [5.41, 5.74) is 2.41. The molecule has 0 fully saturated rings. The second-order valence-electron chi connectivity index (χ2n) is 5.45. The van der Waals surface area contributed by atoms with Gasteiger partial charge in [-0.05, 0) is 29.7 Å². The summed E-state index contributed by atoms with van der Waals surface area (Å²) in [6.45, 7) is 0. The Kier molecular flexibility index (Phi) is 3.37. The van der Waals surface area contributed by atoms with Gasteiger partial charge in [0.2, 0.25) is 5.03 Å². The van der Waals surface area contributed by atoms with E-state index in [1.165, 1.54) is 0 Å². The lowest BCUT2D eigenvalue weighted by Gasteiger charge is -2.16. The third kappa shape index (κ3) is 2.41. The zero-order chi connectivity index (χ0) is 16.0. The molecule has 2 aromatic heterocycles. The minimum atomic E-state index is -3.82. The Hall–Kier alpha value is -1.96. The number of sulfonamides is 1. The van der Waals surface area contributed by atoms with Crippen molar-refractivity contribution in [2.45, 2.75) is 22.9 Å². The van der Waals surface area contributed by atoms with Gasteiger partial charge in [0.05, 0.1) is 16.8 Å². The Balaban J connectivity index is 1.73.